The van der Waals surface area contributed by atoms with Crippen LogP contribution in [0.25, 0.3) is 17.1 Å². The summed E-state index contributed by atoms with van der Waals surface area (Å²) in [6, 6.07) is 9.60. The third-order valence-corrected chi connectivity index (χ3v) is 5.70. The molecular weight excluding hydrogens is 408 g/mol. The van der Waals surface area contributed by atoms with E-state index in [-0.39, 0.29) is 5.92 Å². The van der Waals surface area contributed by atoms with Gasteiger partial charge in [0.1, 0.15) is 0 Å². The fraction of sp³-hybridized carbons (Fsp3) is 0.250. The molecule has 0 N–H and O–H groups in total. The van der Waals surface area contributed by atoms with Crippen molar-refractivity contribution >= 4 is 23.4 Å². The van der Waals surface area contributed by atoms with Crippen LogP contribution in [0.1, 0.15) is 37.0 Å². The first-order chi connectivity index (χ1) is 14.0. The molecule has 29 heavy (non-hydrogen) atoms. The average molecular weight is 427 g/mol. The molecule has 0 radical (unpaired) electrons. The lowest BCUT2D eigenvalue weighted by Crippen LogP contribution is -2.02. The van der Waals surface area contributed by atoms with Gasteiger partial charge in [-0.3, -0.25) is 9.55 Å². The van der Waals surface area contributed by atoms with Gasteiger partial charge in [0.2, 0.25) is 5.89 Å². The largest absolute Gasteiger partial charge is 0.338 e. The van der Waals surface area contributed by atoms with Crippen molar-refractivity contribution in [2.24, 2.45) is 0 Å². The Morgan fingerprint density at radius 1 is 1.14 bits per heavy atom. The fourth-order valence-electron chi connectivity index (χ4n) is 2.79. The van der Waals surface area contributed by atoms with Crippen LogP contribution in [0.5, 0.6) is 0 Å². The predicted molar refractivity (Wildman–Crippen MR) is 112 cm³/mol. The lowest BCUT2D eigenvalue weighted by molar-refractivity contribution is 0.382. The zero-order valence-electron chi connectivity index (χ0n) is 16.2. The van der Waals surface area contributed by atoms with Crippen molar-refractivity contribution in [2.75, 3.05) is 0 Å². The minimum Gasteiger partial charge on any atom is -0.338 e. The SMILES string of the molecule is Cc1c(Cl)cccc1-n1c(SCc2nc(C(C)C)no2)nnc1-c1ccncc1. The van der Waals surface area contributed by atoms with Gasteiger partial charge in [-0.05, 0) is 36.8 Å². The van der Waals surface area contributed by atoms with Gasteiger partial charge in [0.05, 0.1) is 11.4 Å². The predicted octanol–water partition coefficient (Wildman–Crippen LogP) is 5.09. The van der Waals surface area contributed by atoms with Gasteiger partial charge in [0, 0.05) is 28.9 Å². The van der Waals surface area contributed by atoms with Crippen LogP contribution in [0.3, 0.4) is 0 Å². The molecule has 0 bridgehead atoms. The summed E-state index contributed by atoms with van der Waals surface area (Å²) in [6.45, 7) is 6.04. The van der Waals surface area contributed by atoms with E-state index in [4.69, 9.17) is 16.1 Å². The summed E-state index contributed by atoms with van der Waals surface area (Å²) in [5.74, 6) is 2.68. The maximum absolute atomic E-state index is 6.38. The van der Waals surface area contributed by atoms with E-state index in [1.807, 2.05) is 55.7 Å². The highest BCUT2D eigenvalue weighted by Gasteiger charge is 2.19. The van der Waals surface area contributed by atoms with Crippen LogP contribution in [0.15, 0.2) is 52.4 Å². The number of hydrogen-bond acceptors (Lipinski definition) is 7. The Morgan fingerprint density at radius 2 is 1.93 bits per heavy atom. The van der Waals surface area contributed by atoms with Crippen molar-refractivity contribution in [3.63, 3.8) is 0 Å². The zero-order chi connectivity index (χ0) is 20.4. The smallest absolute Gasteiger partial charge is 0.237 e. The maximum atomic E-state index is 6.38. The molecule has 0 spiro atoms. The van der Waals surface area contributed by atoms with E-state index in [1.165, 1.54) is 11.8 Å². The van der Waals surface area contributed by atoms with Crippen LogP contribution in [-0.4, -0.2) is 29.9 Å². The lowest BCUT2D eigenvalue weighted by atomic mass is 10.2. The summed E-state index contributed by atoms with van der Waals surface area (Å²) in [6.07, 6.45) is 3.47. The number of rotatable bonds is 6. The third-order valence-electron chi connectivity index (χ3n) is 4.38. The van der Waals surface area contributed by atoms with E-state index in [1.54, 1.807) is 12.4 Å². The first kappa shape index (κ1) is 19.6. The lowest BCUT2D eigenvalue weighted by Gasteiger charge is -2.13. The van der Waals surface area contributed by atoms with E-state index in [9.17, 15) is 0 Å². The molecule has 0 unspecified atom stereocenters. The first-order valence-electron chi connectivity index (χ1n) is 9.11. The monoisotopic (exact) mass is 426 g/mol. The van der Waals surface area contributed by atoms with Crippen LogP contribution in [-0.2, 0) is 5.75 Å². The number of nitrogens with zero attached hydrogens (tertiary/aromatic N) is 6. The summed E-state index contributed by atoms with van der Waals surface area (Å²) in [5.41, 5.74) is 2.79. The highest BCUT2D eigenvalue weighted by Crippen LogP contribution is 2.32. The van der Waals surface area contributed by atoms with Gasteiger partial charge >= 0.3 is 0 Å². The molecule has 9 heteroatoms. The van der Waals surface area contributed by atoms with E-state index in [0.29, 0.717) is 33.5 Å². The van der Waals surface area contributed by atoms with Gasteiger partial charge in [-0.15, -0.1) is 10.2 Å². The quantitative estimate of drug-likeness (QED) is 0.397. The maximum Gasteiger partial charge on any atom is 0.237 e. The minimum atomic E-state index is 0.216. The van der Waals surface area contributed by atoms with Crippen LogP contribution >= 0.6 is 23.4 Å². The molecule has 3 aromatic heterocycles. The Morgan fingerprint density at radius 3 is 2.66 bits per heavy atom. The second-order valence-corrected chi connectivity index (χ2v) is 8.10. The van der Waals surface area contributed by atoms with Crippen LogP contribution in [0.4, 0.5) is 0 Å². The van der Waals surface area contributed by atoms with Crippen molar-refractivity contribution in [2.45, 2.75) is 37.6 Å². The van der Waals surface area contributed by atoms with Gasteiger partial charge in [-0.1, -0.05) is 48.4 Å². The molecule has 0 saturated carbocycles. The summed E-state index contributed by atoms with van der Waals surface area (Å²) >= 11 is 7.87. The molecule has 0 amide bonds. The van der Waals surface area contributed by atoms with Crippen LogP contribution in [0.2, 0.25) is 5.02 Å². The Labute approximate surface area is 177 Å². The highest BCUT2D eigenvalue weighted by atomic mass is 35.5. The number of aromatic nitrogens is 6. The first-order valence-corrected chi connectivity index (χ1v) is 10.5. The number of halogens is 1. The van der Waals surface area contributed by atoms with Gasteiger partial charge in [0.15, 0.2) is 16.8 Å². The molecule has 0 aliphatic rings. The number of thioether (sulfide) groups is 1. The number of pyridine rings is 1. The zero-order valence-corrected chi connectivity index (χ0v) is 17.8. The Bertz CT molecular complexity index is 1130. The Kier molecular flexibility index (Phi) is 5.64. The molecule has 0 aliphatic carbocycles. The van der Waals surface area contributed by atoms with Crippen molar-refractivity contribution in [1.82, 2.24) is 29.9 Å². The molecule has 7 nitrogen and oxygen atoms in total. The van der Waals surface area contributed by atoms with Gasteiger partial charge in [0.25, 0.3) is 0 Å². The molecule has 3 heterocycles. The second kappa shape index (κ2) is 8.34. The minimum absolute atomic E-state index is 0.216. The van der Waals surface area contributed by atoms with Gasteiger partial charge in [-0.2, -0.15) is 4.98 Å². The van der Waals surface area contributed by atoms with Crippen LogP contribution in [0, 0.1) is 6.92 Å². The molecule has 1 aromatic carbocycles. The van der Waals surface area contributed by atoms with E-state index in [2.05, 4.69) is 25.3 Å². The fourth-order valence-corrected chi connectivity index (χ4v) is 3.75. The Hall–Kier alpha value is -2.71. The van der Waals surface area contributed by atoms with E-state index < -0.39 is 0 Å². The second-order valence-electron chi connectivity index (χ2n) is 6.75. The number of benzene rings is 1. The molecule has 0 saturated heterocycles. The molecule has 0 atom stereocenters. The van der Waals surface area contributed by atoms with Gasteiger partial charge in [-0.25, -0.2) is 0 Å². The summed E-state index contributed by atoms with van der Waals surface area (Å²) in [7, 11) is 0. The summed E-state index contributed by atoms with van der Waals surface area (Å²) in [4.78, 5) is 8.53. The Balaban J connectivity index is 1.74. The van der Waals surface area contributed by atoms with Crippen molar-refractivity contribution in [3.05, 3.63) is 65.0 Å². The van der Waals surface area contributed by atoms with E-state index >= 15 is 0 Å². The highest BCUT2D eigenvalue weighted by molar-refractivity contribution is 7.98. The van der Waals surface area contributed by atoms with Crippen molar-refractivity contribution in [1.29, 1.82) is 0 Å². The molecule has 148 valence electrons. The third kappa shape index (κ3) is 4.04. The summed E-state index contributed by atoms with van der Waals surface area (Å²) < 4.78 is 7.36. The normalized spacial score (nSPS) is 11.3. The van der Waals surface area contributed by atoms with Crippen molar-refractivity contribution < 1.29 is 4.52 Å². The average Bonchev–Trinajstić information content (AvgIpc) is 3.36. The van der Waals surface area contributed by atoms with Crippen LogP contribution < -0.4 is 0 Å². The number of hydrogen-bond donors (Lipinski definition) is 0. The standard InChI is InChI=1S/C20H19ClN6OS/c1-12(2)18-23-17(28-26-18)11-29-20-25-24-19(14-7-9-22-10-8-14)27(20)16-6-4-5-15(21)13(16)3/h4-10,12H,11H2,1-3H3. The molecule has 0 aliphatic heterocycles. The molecular formula is C20H19ClN6OS. The molecule has 4 rings (SSSR count). The van der Waals surface area contributed by atoms with Gasteiger partial charge < -0.3 is 4.52 Å². The summed E-state index contributed by atoms with van der Waals surface area (Å²) in [5, 5.41) is 14.3. The van der Waals surface area contributed by atoms with Crippen molar-refractivity contribution in [3.8, 4) is 17.1 Å². The molecule has 0 fully saturated rings. The topological polar surface area (TPSA) is 82.5 Å². The van der Waals surface area contributed by atoms with E-state index in [0.717, 1.165) is 16.8 Å². The molecule has 4 aromatic rings.